The third kappa shape index (κ3) is 3.17. The number of fused-ring (bicyclic) bond motifs is 1. The molecule has 0 radical (unpaired) electrons. The monoisotopic (exact) mass is 286 g/mol. The Kier molecular flexibility index (Phi) is 4.36. The van der Waals surface area contributed by atoms with Crippen molar-refractivity contribution in [2.24, 2.45) is 0 Å². The minimum atomic E-state index is -0.0629. The van der Waals surface area contributed by atoms with Gasteiger partial charge in [0.1, 0.15) is 0 Å². The van der Waals surface area contributed by atoms with Crippen LogP contribution in [0.2, 0.25) is 0 Å². The highest BCUT2D eigenvalue weighted by Crippen LogP contribution is 2.25. The summed E-state index contributed by atoms with van der Waals surface area (Å²) in [5.74, 6) is 0.637. The van der Waals surface area contributed by atoms with E-state index in [-0.39, 0.29) is 6.61 Å². The number of likely N-dealkylation sites (tertiary alicyclic amines) is 1. The molecule has 1 unspecified atom stereocenters. The van der Waals surface area contributed by atoms with Gasteiger partial charge < -0.3 is 14.7 Å². The Bertz CT molecular complexity index is 615. The van der Waals surface area contributed by atoms with E-state index in [9.17, 15) is 5.11 Å². The van der Waals surface area contributed by atoms with Crippen LogP contribution in [-0.2, 0) is 6.61 Å². The van der Waals surface area contributed by atoms with Crippen LogP contribution in [0.4, 0.5) is 0 Å². The zero-order chi connectivity index (χ0) is 14.7. The first-order valence-electron chi connectivity index (χ1n) is 7.60. The van der Waals surface area contributed by atoms with Gasteiger partial charge in [-0.3, -0.25) is 0 Å². The lowest BCUT2D eigenvalue weighted by molar-refractivity contribution is 0.228. The molecule has 4 nitrogen and oxygen atoms in total. The largest absolute Gasteiger partial charge is 0.477 e. The predicted octanol–water partition coefficient (Wildman–Crippen LogP) is 2.59. The number of nitrogens with zero attached hydrogens (tertiary/aromatic N) is 2. The Morgan fingerprint density at radius 2 is 2.24 bits per heavy atom. The summed E-state index contributed by atoms with van der Waals surface area (Å²) in [7, 11) is 2.18. The number of aliphatic hydroxyl groups excluding tert-OH is 1. The number of rotatable bonds is 5. The highest BCUT2D eigenvalue weighted by atomic mass is 16.5. The van der Waals surface area contributed by atoms with Crippen molar-refractivity contribution in [1.82, 2.24) is 9.88 Å². The van der Waals surface area contributed by atoms with E-state index < -0.39 is 0 Å². The zero-order valence-electron chi connectivity index (χ0n) is 12.5. The second-order valence-corrected chi connectivity index (χ2v) is 5.71. The fraction of sp³-hybridized carbons (Fsp3) is 0.471. The number of aliphatic hydroxyl groups is 1. The summed E-state index contributed by atoms with van der Waals surface area (Å²) in [4.78, 5) is 6.82. The maximum Gasteiger partial charge on any atom is 0.221 e. The minimum absolute atomic E-state index is 0.0629. The maximum absolute atomic E-state index is 9.33. The fourth-order valence-electron chi connectivity index (χ4n) is 3.05. The normalized spacial score (nSPS) is 19.2. The molecule has 1 saturated heterocycles. The number of benzene rings is 1. The molecule has 1 aromatic carbocycles. The Labute approximate surface area is 125 Å². The molecule has 0 spiro atoms. The Morgan fingerprint density at radius 1 is 1.38 bits per heavy atom. The topological polar surface area (TPSA) is 45.6 Å². The highest BCUT2D eigenvalue weighted by molar-refractivity contribution is 5.87. The molecule has 1 fully saturated rings. The van der Waals surface area contributed by atoms with Crippen LogP contribution < -0.4 is 4.74 Å². The second-order valence-electron chi connectivity index (χ2n) is 5.71. The van der Waals surface area contributed by atoms with Crippen molar-refractivity contribution in [1.29, 1.82) is 0 Å². The third-order valence-electron chi connectivity index (χ3n) is 4.28. The smallest absolute Gasteiger partial charge is 0.221 e. The van der Waals surface area contributed by atoms with Gasteiger partial charge >= 0.3 is 0 Å². The molecule has 112 valence electrons. The first-order valence-corrected chi connectivity index (χ1v) is 7.60. The van der Waals surface area contributed by atoms with Gasteiger partial charge in [0.15, 0.2) is 0 Å². The molecule has 0 bridgehead atoms. The van der Waals surface area contributed by atoms with Crippen LogP contribution in [0.3, 0.4) is 0 Å². The summed E-state index contributed by atoms with van der Waals surface area (Å²) in [5, 5.41) is 11.4. The van der Waals surface area contributed by atoms with Crippen molar-refractivity contribution < 1.29 is 9.84 Å². The molecular formula is C17H22N2O2. The van der Waals surface area contributed by atoms with Crippen LogP contribution in [0.5, 0.6) is 5.88 Å². The first kappa shape index (κ1) is 14.3. The third-order valence-corrected chi connectivity index (χ3v) is 4.28. The molecule has 1 N–H and O–H groups in total. The standard InChI is InChI=1S/C17H22N2O2/c1-19-9-4-6-15(19)8-10-21-17-16-7-3-2-5-13(16)11-14(12-20)18-17/h2-3,5,7,11,15,20H,4,6,8-10,12H2,1H3. The summed E-state index contributed by atoms with van der Waals surface area (Å²) < 4.78 is 5.92. The van der Waals surface area contributed by atoms with E-state index in [1.165, 1.54) is 19.4 Å². The Morgan fingerprint density at radius 3 is 3.00 bits per heavy atom. The number of hydrogen-bond acceptors (Lipinski definition) is 4. The fourth-order valence-corrected chi connectivity index (χ4v) is 3.05. The molecule has 1 atom stereocenters. The van der Waals surface area contributed by atoms with Crippen LogP contribution in [-0.4, -0.2) is 41.2 Å². The maximum atomic E-state index is 9.33. The lowest BCUT2D eigenvalue weighted by Gasteiger charge is -2.19. The van der Waals surface area contributed by atoms with E-state index in [2.05, 4.69) is 16.9 Å². The number of pyridine rings is 1. The zero-order valence-corrected chi connectivity index (χ0v) is 12.5. The van der Waals surface area contributed by atoms with E-state index in [1.807, 2.05) is 30.3 Å². The van der Waals surface area contributed by atoms with Crippen molar-refractivity contribution in [3.05, 3.63) is 36.0 Å². The SMILES string of the molecule is CN1CCCC1CCOc1nc(CO)cc2ccccc12. The van der Waals surface area contributed by atoms with Gasteiger partial charge in [0.2, 0.25) is 5.88 Å². The van der Waals surface area contributed by atoms with Crippen LogP contribution in [0.25, 0.3) is 10.8 Å². The van der Waals surface area contributed by atoms with Crippen LogP contribution in [0.1, 0.15) is 25.0 Å². The predicted molar refractivity (Wildman–Crippen MR) is 83.4 cm³/mol. The van der Waals surface area contributed by atoms with Gasteiger partial charge in [-0.25, -0.2) is 4.98 Å². The van der Waals surface area contributed by atoms with Crippen molar-refractivity contribution in [3.63, 3.8) is 0 Å². The van der Waals surface area contributed by atoms with E-state index in [0.29, 0.717) is 24.2 Å². The quantitative estimate of drug-likeness (QED) is 0.917. The molecule has 0 saturated carbocycles. The molecule has 1 aliphatic rings. The molecule has 2 heterocycles. The van der Waals surface area contributed by atoms with Crippen LogP contribution in [0, 0.1) is 0 Å². The van der Waals surface area contributed by atoms with Crippen LogP contribution >= 0.6 is 0 Å². The van der Waals surface area contributed by atoms with Crippen LogP contribution in [0.15, 0.2) is 30.3 Å². The van der Waals surface area contributed by atoms with Crippen molar-refractivity contribution >= 4 is 10.8 Å². The van der Waals surface area contributed by atoms with Gasteiger partial charge in [0, 0.05) is 11.4 Å². The van der Waals surface area contributed by atoms with Gasteiger partial charge in [-0.2, -0.15) is 0 Å². The molecule has 0 aliphatic carbocycles. The molecule has 21 heavy (non-hydrogen) atoms. The number of aromatic nitrogens is 1. The van der Waals surface area contributed by atoms with Crippen molar-refractivity contribution in [2.75, 3.05) is 20.2 Å². The lowest BCUT2D eigenvalue weighted by Crippen LogP contribution is -2.26. The van der Waals surface area contributed by atoms with E-state index in [1.54, 1.807) is 0 Å². The van der Waals surface area contributed by atoms with E-state index in [0.717, 1.165) is 17.2 Å². The van der Waals surface area contributed by atoms with E-state index in [4.69, 9.17) is 4.74 Å². The van der Waals surface area contributed by atoms with Crippen molar-refractivity contribution in [3.8, 4) is 5.88 Å². The van der Waals surface area contributed by atoms with Gasteiger partial charge in [-0.15, -0.1) is 0 Å². The molecule has 3 rings (SSSR count). The van der Waals surface area contributed by atoms with Gasteiger partial charge in [-0.1, -0.05) is 18.2 Å². The Hall–Kier alpha value is -1.65. The van der Waals surface area contributed by atoms with Gasteiger partial charge in [-0.05, 0) is 50.4 Å². The summed E-state index contributed by atoms with van der Waals surface area (Å²) in [6.45, 7) is 1.79. The Balaban J connectivity index is 1.73. The summed E-state index contributed by atoms with van der Waals surface area (Å²) in [6, 6.07) is 10.5. The average molecular weight is 286 g/mol. The average Bonchev–Trinajstić information content (AvgIpc) is 2.92. The molecule has 2 aromatic rings. The molecule has 4 heteroatoms. The molecule has 1 aromatic heterocycles. The summed E-state index contributed by atoms with van der Waals surface area (Å²) in [6.07, 6.45) is 3.56. The number of hydrogen-bond donors (Lipinski definition) is 1. The highest BCUT2D eigenvalue weighted by Gasteiger charge is 2.20. The van der Waals surface area contributed by atoms with Crippen molar-refractivity contribution in [2.45, 2.75) is 31.9 Å². The lowest BCUT2D eigenvalue weighted by atomic mass is 10.1. The van der Waals surface area contributed by atoms with Gasteiger partial charge in [0.05, 0.1) is 18.9 Å². The molecule has 0 amide bonds. The molecule has 1 aliphatic heterocycles. The van der Waals surface area contributed by atoms with Gasteiger partial charge in [0.25, 0.3) is 0 Å². The summed E-state index contributed by atoms with van der Waals surface area (Å²) >= 11 is 0. The van der Waals surface area contributed by atoms with E-state index >= 15 is 0 Å². The summed E-state index contributed by atoms with van der Waals surface area (Å²) in [5.41, 5.74) is 0.654. The first-order chi connectivity index (χ1) is 10.3. The second kappa shape index (κ2) is 6.41. The molecular weight excluding hydrogens is 264 g/mol. The number of ether oxygens (including phenoxy) is 1. The minimum Gasteiger partial charge on any atom is -0.477 e.